The largest absolute Gasteiger partial charge is 0.309 e. The van der Waals surface area contributed by atoms with E-state index in [1.54, 1.807) is 11.3 Å². The van der Waals surface area contributed by atoms with E-state index in [4.69, 9.17) is 11.6 Å². The molecule has 0 aliphatic rings. The average molecular weight is 292 g/mol. The van der Waals surface area contributed by atoms with Crippen LogP contribution in [0.1, 0.15) is 38.1 Å². The molecule has 0 radical (unpaired) electrons. The fourth-order valence-electron chi connectivity index (χ4n) is 1.52. The summed E-state index contributed by atoms with van der Waals surface area (Å²) in [5.41, 5.74) is 0. The number of hydrogen-bond acceptors (Lipinski definition) is 3. The lowest BCUT2D eigenvalue weighted by atomic mass is 10.2. The second kappa shape index (κ2) is 8.41. The third-order valence-corrected chi connectivity index (χ3v) is 5.28. The van der Waals surface area contributed by atoms with Crippen LogP contribution in [0.5, 0.6) is 0 Å². The van der Waals surface area contributed by atoms with E-state index in [9.17, 15) is 0 Å². The van der Waals surface area contributed by atoms with E-state index in [-0.39, 0.29) is 0 Å². The molecule has 0 bridgehead atoms. The minimum Gasteiger partial charge on any atom is -0.309 e. The fraction of sp³-hybridized carbons (Fsp3) is 0.692. The Morgan fingerprint density at radius 1 is 1.41 bits per heavy atom. The zero-order valence-electron chi connectivity index (χ0n) is 10.8. The van der Waals surface area contributed by atoms with Crippen LogP contribution in [0.15, 0.2) is 11.4 Å². The summed E-state index contributed by atoms with van der Waals surface area (Å²) in [6, 6.07) is 2.40. The van der Waals surface area contributed by atoms with Crippen molar-refractivity contribution < 1.29 is 0 Å². The maximum atomic E-state index is 6.22. The molecule has 1 aromatic rings. The third-order valence-electron chi connectivity index (χ3n) is 2.34. The van der Waals surface area contributed by atoms with Gasteiger partial charge in [0.25, 0.3) is 0 Å². The van der Waals surface area contributed by atoms with E-state index in [1.165, 1.54) is 10.6 Å². The standard InChI is InChI=1S/C13H22ClNS2/c1-4-6-15-12(9-16-8-10(2)3)13-11(14)5-7-17-13/h5,7,10,12,15H,4,6,8-9H2,1-3H3. The maximum absolute atomic E-state index is 6.22. The molecule has 0 aliphatic carbocycles. The number of thiophene rings is 1. The molecule has 0 aliphatic heterocycles. The van der Waals surface area contributed by atoms with Gasteiger partial charge in [0, 0.05) is 10.6 Å². The monoisotopic (exact) mass is 291 g/mol. The van der Waals surface area contributed by atoms with E-state index in [0.717, 1.165) is 29.7 Å². The Morgan fingerprint density at radius 2 is 2.18 bits per heavy atom. The van der Waals surface area contributed by atoms with Gasteiger partial charge in [0.1, 0.15) is 0 Å². The number of nitrogens with one attached hydrogen (secondary N) is 1. The van der Waals surface area contributed by atoms with Crippen LogP contribution in [0.4, 0.5) is 0 Å². The van der Waals surface area contributed by atoms with Crippen LogP contribution < -0.4 is 5.32 Å². The summed E-state index contributed by atoms with van der Waals surface area (Å²) in [4.78, 5) is 1.29. The summed E-state index contributed by atoms with van der Waals surface area (Å²) >= 11 is 9.99. The van der Waals surface area contributed by atoms with E-state index in [2.05, 4.69) is 31.5 Å². The Balaban J connectivity index is 2.52. The lowest BCUT2D eigenvalue weighted by Gasteiger charge is -2.18. The van der Waals surface area contributed by atoms with Crippen LogP contribution >= 0.6 is 34.7 Å². The van der Waals surface area contributed by atoms with Crippen LogP contribution in [0.25, 0.3) is 0 Å². The van der Waals surface area contributed by atoms with Crippen molar-refractivity contribution in [1.82, 2.24) is 5.32 Å². The first-order valence-corrected chi connectivity index (χ1v) is 8.60. The molecule has 98 valence electrons. The molecule has 0 saturated carbocycles. The van der Waals surface area contributed by atoms with E-state index >= 15 is 0 Å². The van der Waals surface area contributed by atoms with Crippen molar-refractivity contribution in [3.05, 3.63) is 21.3 Å². The van der Waals surface area contributed by atoms with Crippen molar-refractivity contribution in [2.75, 3.05) is 18.1 Å². The molecule has 0 saturated heterocycles. The molecule has 1 rings (SSSR count). The first-order chi connectivity index (χ1) is 8.15. The quantitative estimate of drug-likeness (QED) is 0.736. The molecule has 1 atom stereocenters. The van der Waals surface area contributed by atoms with E-state index in [0.29, 0.717) is 6.04 Å². The molecular formula is C13H22ClNS2. The van der Waals surface area contributed by atoms with Crippen LogP contribution in [-0.4, -0.2) is 18.1 Å². The molecule has 0 amide bonds. The highest BCUT2D eigenvalue weighted by molar-refractivity contribution is 7.99. The predicted octanol–water partition coefficient (Wildman–Crippen LogP) is 4.83. The summed E-state index contributed by atoms with van der Waals surface area (Å²) in [6.45, 7) is 7.78. The molecule has 0 fully saturated rings. The molecule has 4 heteroatoms. The summed E-state index contributed by atoms with van der Waals surface area (Å²) in [6.07, 6.45) is 1.16. The van der Waals surface area contributed by atoms with Gasteiger partial charge in [-0.3, -0.25) is 0 Å². The van der Waals surface area contributed by atoms with Gasteiger partial charge >= 0.3 is 0 Å². The number of rotatable bonds is 8. The normalized spacial score (nSPS) is 13.2. The van der Waals surface area contributed by atoms with Crippen LogP contribution in [0.3, 0.4) is 0 Å². The Morgan fingerprint density at radius 3 is 2.71 bits per heavy atom. The summed E-state index contributed by atoms with van der Waals surface area (Å²) in [5.74, 6) is 3.08. The highest BCUT2D eigenvalue weighted by atomic mass is 35.5. The first kappa shape index (κ1) is 15.4. The number of halogens is 1. The van der Waals surface area contributed by atoms with Crippen molar-refractivity contribution >= 4 is 34.7 Å². The molecule has 1 heterocycles. The molecular weight excluding hydrogens is 270 g/mol. The van der Waals surface area contributed by atoms with Gasteiger partial charge in [0.05, 0.1) is 11.1 Å². The van der Waals surface area contributed by atoms with Crippen molar-refractivity contribution in [3.8, 4) is 0 Å². The highest BCUT2D eigenvalue weighted by Crippen LogP contribution is 2.31. The van der Waals surface area contributed by atoms with Gasteiger partial charge in [-0.2, -0.15) is 11.8 Å². The molecule has 1 N–H and O–H groups in total. The Bertz CT molecular complexity index is 312. The van der Waals surface area contributed by atoms with Crippen molar-refractivity contribution in [2.24, 2.45) is 5.92 Å². The fourth-order valence-corrected chi connectivity index (χ4v) is 4.02. The van der Waals surface area contributed by atoms with E-state index in [1.807, 2.05) is 17.8 Å². The lowest BCUT2D eigenvalue weighted by molar-refractivity contribution is 0.584. The first-order valence-electron chi connectivity index (χ1n) is 6.19. The SMILES string of the molecule is CCCNC(CSCC(C)C)c1sccc1Cl. The highest BCUT2D eigenvalue weighted by Gasteiger charge is 2.15. The summed E-state index contributed by atoms with van der Waals surface area (Å²) in [5, 5.41) is 6.58. The van der Waals surface area contributed by atoms with Crippen LogP contribution in [0, 0.1) is 5.92 Å². The number of hydrogen-bond donors (Lipinski definition) is 1. The molecule has 0 spiro atoms. The minimum absolute atomic E-state index is 0.409. The lowest BCUT2D eigenvalue weighted by Crippen LogP contribution is -2.23. The second-order valence-corrected chi connectivity index (χ2v) is 7.00. The van der Waals surface area contributed by atoms with Gasteiger partial charge in [-0.25, -0.2) is 0 Å². The van der Waals surface area contributed by atoms with Gasteiger partial charge in [-0.1, -0.05) is 32.4 Å². The molecule has 17 heavy (non-hydrogen) atoms. The molecule has 1 nitrogen and oxygen atoms in total. The Labute approximate surface area is 118 Å². The third kappa shape index (κ3) is 5.64. The minimum atomic E-state index is 0.409. The topological polar surface area (TPSA) is 12.0 Å². The van der Waals surface area contributed by atoms with Gasteiger partial charge in [0.2, 0.25) is 0 Å². The smallest absolute Gasteiger partial charge is 0.0561 e. The van der Waals surface area contributed by atoms with E-state index < -0.39 is 0 Å². The van der Waals surface area contributed by atoms with Gasteiger partial charge < -0.3 is 5.32 Å². The zero-order valence-corrected chi connectivity index (χ0v) is 13.2. The van der Waals surface area contributed by atoms with Crippen molar-refractivity contribution in [2.45, 2.75) is 33.2 Å². The molecule has 1 unspecified atom stereocenters. The van der Waals surface area contributed by atoms with Crippen molar-refractivity contribution in [1.29, 1.82) is 0 Å². The second-order valence-electron chi connectivity index (χ2n) is 4.57. The Kier molecular flexibility index (Phi) is 7.60. The van der Waals surface area contributed by atoms with Crippen LogP contribution in [0.2, 0.25) is 5.02 Å². The molecule has 0 aromatic carbocycles. The average Bonchev–Trinajstić information content (AvgIpc) is 2.69. The zero-order chi connectivity index (χ0) is 12.7. The summed E-state index contributed by atoms with van der Waals surface area (Å²) in [7, 11) is 0. The van der Waals surface area contributed by atoms with Gasteiger partial charge in [-0.15, -0.1) is 11.3 Å². The predicted molar refractivity (Wildman–Crippen MR) is 82.5 cm³/mol. The number of thioether (sulfide) groups is 1. The Hall–Kier alpha value is 0.300. The molecule has 1 aromatic heterocycles. The summed E-state index contributed by atoms with van der Waals surface area (Å²) < 4.78 is 0. The van der Waals surface area contributed by atoms with Gasteiger partial charge in [-0.05, 0) is 36.1 Å². The van der Waals surface area contributed by atoms with Crippen LogP contribution in [-0.2, 0) is 0 Å². The maximum Gasteiger partial charge on any atom is 0.0561 e. The van der Waals surface area contributed by atoms with Crippen molar-refractivity contribution in [3.63, 3.8) is 0 Å². The van der Waals surface area contributed by atoms with Gasteiger partial charge in [0.15, 0.2) is 0 Å².